The minimum atomic E-state index is -0.755. The van der Waals surface area contributed by atoms with Crippen LogP contribution in [0.2, 0.25) is 0 Å². The standard InChI is InChI=1S/C12H15F2NO/c1-12(2,7-15)11(16)6-8-9(13)4-3-5-10(8)14/h3-5H,6-7,15H2,1-2H3. The van der Waals surface area contributed by atoms with Gasteiger partial charge in [-0.2, -0.15) is 0 Å². The lowest BCUT2D eigenvalue weighted by Gasteiger charge is -2.20. The summed E-state index contributed by atoms with van der Waals surface area (Å²) in [6.45, 7) is 3.48. The second-order valence-corrected chi connectivity index (χ2v) is 4.39. The average molecular weight is 227 g/mol. The van der Waals surface area contributed by atoms with Crippen molar-refractivity contribution in [2.24, 2.45) is 11.1 Å². The topological polar surface area (TPSA) is 43.1 Å². The van der Waals surface area contributed by atoms with Crippen LogP contribution in [-0.4, -0.2) is 12.3 Å². The van der Waals surface area contributed by atoms with Gasteiger partial charge >= 0.3 is 0 Å². The van der Waals surface area contributed by atoms with E-state index in [-0.39, 0.29) is 24.3 Å². The maximum atomic E-state index is 13.3. The molecule has 0 heterocycles. The molecule has 0 fully saturated rings. The van der Waals surface area contributed by atoms with Gasteiger partial charge in [0.1, 0.15) is 17.4 Å². The van der Waals surface area contributed by atoms with Crippen molar-refractivity contribution in [1.82, 2.24) is 0 Å². The lowest BCUT2D eigenvalue weighted by atomic mass is 9.85. The van der Waals surface area contributed by atoms with Gasteiger partial charge < -0.3 is 5.73 Å². The van der Waals surface area contributed by atoms with Crippen LogP contribution in [0.25, 0.3) is 0 Å². The molecular weight excluding hydrogens is 212 g/mol. The smallest absolute Gasteiger partial charge is 0.144 e. The number of hydrogen-bond donors (Lipinski definition) is 1. The first kappa shape index (κ1) is 12.8. The SMILES string of the molecule is CC(C)(CN)C(=O)Cc1c(F)cccc1F. The van der Waals surface area contributed by atoms with Crippen molar-refractivity contribution in [2.75, 3.05) is 6.54 Å². The summed E-state index contributed by atoms with van der Waals surface area (Å²) in [6, 6.07) is 3.55. The van der Waals surface area contributed by atoms with Gasteiger partial charge in [0, 0.05) is 23.9 Å². The predicted molar refractivity (Wildman–Crippen MR) is 57.9 cm³/mol. The molecule has 0 spiro atoms. The van der Waals surface area contributed by atoms with Gasteiger partial charge in [0.2, 0.25) is 0 Å². The molecule has 0 aliphatic heterocycles. The van der Waals surface area contributed by atoms with Gasteiger partial charge in [0.25, 0.3) is 0 Å². The third-order valence-electron chi connectivity index (χ3n) is 2.66. The Morgan fingerprint density at radius 1 is 1.31 bits per heavy atom. The van der Waals surface area contributed by atoms with Crippen molar-refractivity contribution in [3.8, 4) is 0 Å². The molecule has 0 bridgehead atoms. The zero-order valence-electron chi connectivity index (χ0n) is 9.39. The van der Waals surface area contributed by atoms with Crippen molar-refractivity contribution < 1.29 is 13.6 Å². The first-order chi connectivity index (χ1) is 7.38. The van der Waals surface area contributed by atoms with Gasteiger partial charge in [0.05, 0.1) is 0 Å². The summed E-state index contributed by atoms with van der Waals surface area (Å²) in [5.74, 6) is -1.65. The van der Waals surface area contributed by atoms with Gasteiger partial charge in [-0.15, -0.1) is 0 Å². The molecule has 0 amide bonds. The Kier molecular flexibility index (Phi) is 3.75. The summed E-state index contributed by atoms with van der Waals surface area (Å²) < 4.78 is 26.6. The fourth-order valence-corrected chi connectivity index (χ4v) is 1.21. The van der Waals surface area contributed by atoms with Crippen LogP contribution in [0.3, 0.4) is 0 Å². The number of halogens is 2. The first-order valence-corrected chi connectivity index (χ1v) is 5.05. The summed E-state index contributed by atoms with van der Waals surface area (Å²) in [7, 11) is 0. The van der Waals surface area contributed by atoms with Gasteiger partial charge in [-0.05, 0) is 12.1 Å². The van der Waals surface area contributed by atoms with Crippen LogP contribution in [0.15, 0.2) is 18.2 Å². The van der Waals surface area contributed by atoms with E-state index in [4.69, 9.17) is 5.73 Å². The molecule has 4 heteroatoms. The zero-order chi connectivity index (χ0) is 12.3. The van der Waals surface area contributed by atoms with Gasteiger partial charge in [-0.25, -0.2) is 8.78 Å². The fraction of sp³-hybridized carbons (Fsp3) is 0.417. The van der Waals surface area contributed by atoms with E-state index in [1.807, 2.05) is 0 Å². The van der Waals surface area contributed by atoms with E-state index in [9.17, 15) is 13.6 Å². The van der Waals surface area contributed by atoms with Crippen molar-refractivity contribution in [3.05, 3.63) is 35.4 Å². The molecule has 16 heavy (non-hydrogen) atoms. The Bertz CT molecular complexity index is 382. The summed E-state index contributed by atoms with van der Waals surface area (Å²) in [6.07, 6.45) is -0.261. The number of benzene rings is 1. The molecule has 0 aromatic heterocycles. The highest BCUT2D eigenvalue weighted by atomic mass is 19.1. The number of rotatable bonds is 4. The maximum Gasteiger partial charge on any atom is 0.144 e. The van der Waals surface area contributed by atoms with E-state index in [1.54, 1.807) is 13.8 Å². The molecule has 1 aromatic carbocycles. The Balaban J connectivity index is 2.94. The summed E-state index contributed by atoms with van der Waals surface area (Å²) in [5, 5.41) is 0. The van der Waals surface area contributed by atoms with Gasteiger partial charge in [0.15, 0.2) is 0 Å². The van der Waals surface area contributed by atoms with Crippen LogP contribution in [0.1, 0.15) is 19.4 Å². The lowest BCUT2D eigenvalue weighted by Crippen LogP contribution is -2.34. The number of Topliss-reactive ketones (excluding diaryl/α,β-unsaturated/α-hetero) is 1. The maximum absolute atomic E-state index is 13.3. The number of ketones is 1. The van der Waals surface area contributed by atoms with E-state index in [0.717, 1.165) is 12.1 Å². The Hall–Kier alpha value is -1.29. The van der Waals surface area contributed by atoms with Crippen LogP contribution >= 0.6 is 0 Å². The number of nitrogens with two attached hydrogens (primary N) is 1. The molecule has 0 radical (unpaired) electrons. The summed E-state index contributed by atoms with van der Waals surface area (Å²) in [5.41, 5.74) is 4.49. The van der Waals surface area contributed by atoms with Crippen LogP contribution in [0.4, 0.5) is 8.78 Å². The molecule has 0 saturated carbocycles. The summed E-state index contributed by atoms with van der Waals surface area (Å²) in [4.78, 5) is 11.8. The highest BCUT2D eigenvalue weighted by Crippen LogP contribution is 2.20. The zero-order valence-corrected chi connectivity index (χ0v) is 9.39. The number of carbonyl (C=O) groups excluding carboxylic acids is 1. The molecule has 1 rings (SSSR count). The van der Waals surface area contributed by atoms with Crippen molar-refractivity contribution in [1.29, 1.82) is 0 Å². The second kappa shape index (κ2) is 4.70. The average Bonchev–Trinajstić information content (AvgIpc) is 2.23. The molecule has 2 N–H and O–H groups in total. The Labute approximate surface area is 93.5 Å². The van der Waals surface area contributed by atoms with Crippen LogP contribution < -0.4 is 5.73 Å². The minimum Gasteiger partial charge on any atom is -0.329 e. The number of carbonyl (C=O) groups is 1. The molecule has 0 atom stereocenters. The largest absolute Gasteiger partial charge is 0.329 e. The minimum absolute atomic E-state index is 0.155. The quantitative estimate of drug-likeness (QED) is 0.855. The summed E-state index contributed by atoms with van der Waals surface area (Å²) >= 11 is 0. The molecular formula is C12H15F2NO. The van der Waals surface area contributed by atoms with Crippen LogP contribution in [0, 0.1) is 17.0 Å². The molecule has 0 aliphatic rings. The Morgan fingerprint density at radius 3 is 2.25 bits per heavy atom. The molecule has 0 saturated heterocycles. The van der Waals surface area contributed by atoms with Crippen molar-refractivity contribution in [2.45, 2.75) is 20.3 Å². The van der Waals surface area contributed by atoms with E-state index < -0.39 is 17.0 Å². The molecule has 2 nitrogen and oxygen atoms in total. The number of hydrogen-bond acceptors (Lipinski definition) is 2. The van der Waals surface area contributed by atoms with Crippen molar-refractivity contribution >= 4 is 5.78 Å². The Morgan fingerprint density at radius 2 is 1.81 bits per heavy atom. The van der Waals surface area contributed by atoms with Crippen LogP contribution in [-0.2, 0) is 11.2 Å². The van der Waals surface area contributed by atoms with Gasteiger partial charge in [-0.1, -0.05) is 19.9 Å². The van der Waals surface area contributed by atoms with Crippen LogP contribution in [0.5, 0.6) is 0 Å². The lowest BCUT2D eigenvalue weighted by molar-refractivity contribution is -0.126. The fourth-order valence-electron chi connectivity index (χ4n) is 1.21. The molecule has 1 aromatic rings. The second-order valence-electron chi connectivity index (χ2n) is 4.39. The normalized spacial score (nSPS) is 11.6. The first-order valence-electron chi connectivity index (χ1n) is 5.05. The predicted octanol–water partition coefficient (Wildman–Crippen LogP) is 2.06. The third kappa shape index (κ3) is 2.64. The highest BCUT2D eigenvalue weighted by molar-refractivity contribution is 5.86. The molecule has 88 valence electrons. The molecule has 0 unspecified atom stereocenters. The van der Waals surface area contributed by atoms with E-state index in [0.29, 0.717) is 0 Å². The third-order valence-corrected chi connectivity index (χ3v) is 2.66. The monoisotopic (exact) mass is 227 g/mol. The highest BCUT2D eigenvalue weighted by Gasteiger charge is 2.27. The van der Waals surface area contributed by atoms with E-state index >= 15 is 0 Å². The van der Waals surface area contributed by atoms with E-state index in [2.05, 4.69) is 0 Å². The van der Waals surface area contributed by atoms with Crippen molar-refractivity contribution in [3.63, 3.8) is 0 Å². The van der Waals surface area contributed by atoms with Gasteiger partial charge in [-0.3, -0.25) is 4.79 Å². The molecule has 0 aliphatic carbocycles. The van der Waals surface area contributed by atoms with E-state index in [1.165, 1.54) is 6.07 Å².